The molecule has 0 radical (unpaired) electrons. The van der Waals surface area contributed by atoms with Gasteiger partial charge in [0.05, 0.1) is 36.6 Å². The van der Waals surface area contributed by atoms with Crippen LogP contribution in [0, 0.1) is 17.8 Å². The molecule has 59 heavy (non-hydrogen) atoms. The zero-order chi connectivity index (χ0) is 42.9. The number of hydrogen-bond donors (Lipinski definition) is 5. The van der Waals surface area contributed by atoms with Crippen molar-refractivity contribution in [2.24, 2.45) is 17.8 Å². The monoisotopic (exact) mass is 822 g/mol. The predicted molar refractivity (Wildman–Crippen MR) is 224 cm³/mol. The van der Waals surface area contributed by atoms with Crippen molar-refractivity contribution in [1.82, 2.24) is 0 Å². The van der Waals surface area contributed by atoms with Crippen molar-refractivity contribution in [2.75, 3.05) is 0 Å². The minimum absolute atomic E-state index is 0.136. The standard InChI is InChI=1S/C47H66O12/c1-30(17-14-15-23-44(52)53)27-31(2)47-41-26-25-34(56-47)18-10-6-5-7-12-20-36(49)46(55)43-29-38(51)33(4)40(58-43)22-16-21-39-32(3)37(50)28-42(57-39)35(48)19-11-8-9-13-24-45(54)59-41/h6,8-13,16,19-21,24-27,30,32-34,36-43,46-47,49-51,55H,5,7,14-15,17-18,22-23,28-29H2,1-4H3,(H,52,53)/b9-8-,10-6+,19-11+,20-12+,21-16+,24-13-,31-27+/t30-,32?,33-,34+,36+,37?,38+,39+,40-,41?,42?,43-,46+,47-/m1/s1. The zero-order valence-corrected chi connectivity index (χ0v) is 34.9. The maximum atomic E-state index is 13.1. The third-order valence-electron chi connectivity index (χ3n) is 11.5. The number of carboxylic acid groups (broad SMARTS) is 1. The number of carboxylic acids is 1. The fourth-order valence-electron chi connectivity index (χ4n) is 7.79. The Labute approximate surface area is 349 Å². The van der Waals surface area contributed by atoms with Gasteiger partial charge >= 0.3 is 11.9 Å². The Morgan fingerprint density at radius 3 is 2.27 bits per heavy atom. The summed E-state index contributed by atoms with van der Waals surface area (Å²) in [6.45, 7) is 7.75. The van der Waals surface area contributed by atoms with E-state index >= 15 is 0 Å². The van der Waals surface area contributed by atoms with E-state index < -0.39 is 73.0 Å². The highest BCUT2D eigenvalue weighted by Gasteiger charge is 2.40. The average molecular weight is 823 g/mol. The SMILES string of the molecule is C/C(=C\[C@H](C)CCCCC(=O)O)[C@H]1O[C@@H]2C=CC1OC(=O)\C=C/C=C\C=C\C(=O)C1CC(O)C(C)[C@H](/C=C/C[C@H]3O[C@H](C[C@H](O)[C@H]3C)[C@@H](O)[C@@H](O)/C=C/CC/C=C/C2)O1. The molecule has 0 amide bonds. The Morgan fingerprint density at radius 1 is 0.780 bits per heavy atom. The van der Waals surface area contributed by atoms with Crippen molar-refractivity contribution in [3.63, 3.8) is 0 Å². The first-order chi connectivity index (χ1) is 28.2. The topological polar surface area (TPSA) is 189 Å². The number of hydrogen-bond acceptors (Lipinski definition) is 11. The Kier molecular flexibility index (Phi) is 19.9. The Bertz CT molecular complexity index is 1600. The summed E-state index contributed by atoms with van der Waals surface area (Å²) in [6, 6.07) is 0. The normalized spacial score (nSPS) is 39.5. The molecule has 5 N–H and O–H groups in total. The Morgan fingerprint density at radius 2 is 1.51 bits per heavy atom. The minimum atomic E-state index is -1.24. The van der Waals surface area contributed by atoms with Crippen LogP contribution in [0.2, 0.25) is 0 Å². The van der Waals surface area contributed by atoms with Gasteiger partial charge in [-0.15, -0.1) is 0 Å². The second kappa shape index (κ2) is 24.5. The molecule has 12 heteroatoms. The summed E-state index contributed by atoms with van der Waals surface area (Å²) in [5.41, 5.74) is 0.905. The first-order valence-electron chi connectivity index (χ1n) is 21.2. The molecule has 0 aliphatic carbocycles. The Balaban J connectivity index is 1.50. The van der Waals surface area contributed by atoms with E-state index in [4.69, 9.17) is 24.1 Å². The maximum absolute atomic E-state index is 13.1. The summed E-state index contributed by atoms with van der Waals surface area (Å²) < 4.78 is 24.7. The van der Waals surface area contributed by atoms with Crippen LogP contribution in [0.15, 0.2) is 96.7 Å². The summed E-state index contributed by atoms with van der Waals surface area (Å²) in [5.74, 6) is -2.03. The van der Waals surface area contributed by atoms with Gasteiger partial charge in [-0.25, -0.2) is 4.79 Å². The van der Waals surface area contributed by atoms with E-state index in [0.29, 0.717) is 32.1 Å². The van der Waals surface area contributed by atoms with Gasteiger partial charge in [0, 0.05) is 37.2 Å². The molecule has 5 aliphatic heterocycles. The number of esters is 1. The van der Waals surface area contributed by atoms with Crippen LogP contribution in [-0.2, 0) is 33.3 Å². The second-order valence-corrected chi connectivity index (χ2v) is 16.4. The number of fused-ring (bicyclic) bond motifs is 13. The second-order valence-electron chi connectivity index (χ2n) is 16.4. The lowest BCUT2D eigenvalue weighted by Gasteiger charge is -2.40. The molecule has 0 aromatic heterocycles. The number of aliphatic hydroxyl groups excluding tert-OH is 4. The lowest BCUT2D eigenvalue weighted by atomic mass is 9.85. The number of carbonyl (C=O) groups excluding carboxylic acids is 2. The number of ketones is 1. The molecule has 14 atom stereocenters. The van der Waals surface area contributed by atoms with Gasteiger partial charge in [0.2, 0.25) is 0 Å². The van der Waals surface area contributed by atoms with Gasteiger partial charge in [0.15, 0.2) is 11.9 Å². The molecule has 0 spiro atoms. The van der Waals surface area contributed by atoms with E-state index in [1.165, 1.54) is 18.2 Å². The first-order valence-corrected chi connectivity index (χ1v) is 21.2. The molecule has 5 aliphatic rings. The summed E-state index contributed by atoms with van der Waals surface area (Å²) in [5, 5.41) is 52.4. The molecule has 6 bridgehead atoms. The molecule has 0 aromatic carbocycles. The van der Waals surface area contributed by atoms with Crippen molar-refractivity contribution in [3.05, 3.63) is 96.7 Å². The number of carbonyl (C=O) groups is 3. The summed E-state index contributed by atoms with van der Waals surface area (Å²) in [4.78, 5) is 36.9. The third kappa shape index (κ3) is 15.7. The van der Waals surface area contributed by atoms with Crippen LogP contribution >= 0.6 is 0 Å². The number of aliphatic hydroxyl groups is 4. The number of allylic oxidation sites excluding steroid dienone is 7. The van der Waals surface area contributed by atoms with Gasteiger partial charge < -0.3 is 44.5 Å². The fraction of sp³-hybridized carbons (Fsp3) is 0.596. The van der Waals surface area contributed by atoms with Crippen molar-refractivity contribution in [1.29, 1.82) is 0 Å². The Hall–Kier alpha value is -3.75. The lowest BCUT2D eigenvalue weighted by molar-refractivity contribution is -0.175. The molecule has 12 nitrogen and oxygen atoms in total. The molecular formula is C47H66O12. The summed E-state index contributed by atoms with van der Waals surface area (Å²) in [6.07, 6.45) is 22.7. The molecule has 326 valence electrons. The maximum Gasteiger partial charge on any atom is 0.331 e. The molecule has 5 heterocycles. The highest BCUT2D eigenvalue weighted by atomic mass is 16.6. The average Bonchev–Trinajstić information content (AvgIpc) is 3.19. The van der Waals surface area contributed by atoms with E-state index in [2.05, 4.69) is 13.0 Å². The molecule has 0 saturated carbocycles. The number of unbranched alkanes of at least 4 members (excludes halogenated alkanes) is 1. The molecule has 2 saturated heterocycles. The summed E-state index contributed by atoms with van der Waals surface area (Å²) >= 11 is 0. The van der Waals surface area contributed by atoms with Crippen molar-refractivity contribution in [3.8, 4) is 0 Å². The first kappa shape index (κ1) is 47.9. The molecular weight excluding hydrogens is 757 g/mol. The molecule has 4 unspecified atom stereocenters. The van der Waals surface area contributed by atoms with E-state index in [-0.39, 0.29) is 48.9 Å². The van der Waals surface area contributed by atoms with Crippen LogP contribution < -0.4 is 0 Å². The van der Waals surface area contributed by atoms with Crippen molar-refractivity contribution >= 4 is 17.7 Å². The molecule has 2 fully saturated rings. The third-order valence-corrected chi connectivity index (χ3v) is 11.5. The quantitative estimate of drug-likeness (QED) is 0.115. The largest absolute Gasteiger partial charge is 0.481 e. The van der Waals surface area contributed by atoms with Gasteiger partial charge in [-0.2, -0.15) is 0 Å². The van der Waals surface area contributed by atoms with Gasteiger partial charge in [0.1, 0.15) is 24.4 Å². The highest BCUT2D eigenvalue weighted by Crippen LogP contribution is 2.32. The van der Waals surface area contributed by atoms with Crippen molar-refractivity contribution < 1.29 is 58.9 Å². The van der Waals surface area contributed by atoms with Crippen LogP contribution in [0.3, 0.4) is 0 Å². The molecule has 5 rings (SSSR count). The van der Waals surface area contributed by atoms with E-state index in [1.807, 2.05) is 57.2 Å². The number of aliphatic carboxylic acids is 1. The van der Waals surface area contributed by atoms with Crippen LogP contribution in [0.5, 0.6) is 0 Å². The van der Waals surface area contributed by atoms with E-state index in [1.54, 1.807) is 30.4 Å². The predicted octanol–water partition coefficient (Wildman–Crippen LogP) is 5.96. The number of ether oxygens (including phenoxy) is 4. The minimum Gasteiger partial charge on any atom is -0.481 e. The number of rotatable bonds is 7. The van der Waals surface area contributed by atoms with Crippen LogP contribution in [0.25, 0.3) is 0 Å². The van der Waals surface area contributed by atoms with Crippen LogP contribution in [0.1, 0.15) is 91.9 Å². The van der Waals surface area contributed by atoms with Gasteiger partial charge in [0.25, 0.3) is 0 Å². The fourth-order valence-corrected chi connectivity index (χ4v) is 7.79. The summed E-state index contributed by atoms with van der Waals surface area (Å²) in [7, 11) is 0. The van der Waals surface area contributed by atoms with Gasteiger partial charge in [-0.3, -0.25) is 9.59 Å². The van der Waals surface area contributed by atoms with Crippen molar-refractivity contribution in [2.45, 2.75) is 159 Å². The van der Waals surface area contributed by atoms with Gasteiger partial charge in [-0.1, -0.05) is 100 Å². The van der Waals surface area contributed by atoms with Crippen LogP contribution in [-0.4, -0.2) is 110 Å². The van der Waals surface area contributed by atoms with Gasteiger partial charge in [-0.05, 0) is 69.1 Å². The zero-order valence-electron chi connectivity index (χ0n) is 34.9. The van der Waals surface area contributed by atoms with E-state index in [9.17, 15) is 34.8 Å². The lowest BCUT2D eigenvalue weighted by Crippen LogP contribution is -2.50. The molecule has 0 aromatic rings. The van der Waals surface area contributed by atoms with E-state index in [0.717, 1.165) is 18.4 Å². The highest BCUT2D eigenvalue weighted by molar-refractivity contribution is 5.94. The smallest absolute Gasteiger partial charge is 0.331 e. The van der Waals surface area contributed by atoms with Crippen LogP contribution in [0.4, 0.5) is 0 Å².